The van der Waals surface area contributed by atoms with Gasteiger partial charge in [0.1, 0.15) is 29.8 Å². The lowest BCUT2D eigenvalue weighted by Crippen LogP contribution is -2.54. The Morgan fingerprint density at radius 2 is 1.57 bits per heavy atom. The number of anilines is 1. The maximum absolute atomic E-state index is 13.7. The van der Waals surface area contributed by atoms with Crippen LogP contribution in [0, 0.1) is 0 Å². The van der Waals surface area contributed by atoms with Crippen molar-refractivity contribution in [1.29, 1.82) is 0 Å². The number of carbonyl (C=O) groups is 5. The number of aliphatic hydroxyl groups is 2. The van der Waals surface area contributed by atoms with Crippen molar-refractivity contribution in [1.82, 2.24) is 30.8 Å². The lowest BCUT2D eigenvalue weighted by atomic mass is 10.0. The first-order valence-electron chi connectivity index (χ1n) is 17.6. The number of thioether (sulfide) groups is 1. The number of hydrogen-bond acceptors (Lipinski definition) is 14. The van der Waals surface area contributed by atoms with E-state index < -0.39 is 97.5 Å². The highest BCUT2D eigenvalue weighted by Gasteiger charge is 2.59. The number of ether oxygens (including phenoxy) is 1. The molecule has 0 aliphatic carbocycles. The van der Waals surface area contributed by atoms with Gasteiger partial charge in [-0.25, -0.2) is 9.59 Å². The van der Waals surface area contributed by atoms with Crippen molar-refractivity contribution in [2.45, 2.75) is 61.7 Å². The van der Waals surface area contributed by atoms with Crippen LogP contribution in [0.2, 0.25) is 0 Å². The quantitative estimate of drug-likeness (QED) is 0.0680. The molecule has 0 spiro atoms. The van der Waals surface area contributed by atoms with E-state index in [1.165, 1.54) is 23.9 Å². The highest BCUT2D eigenvalue weighted by molar-refractivity contribution is 7.98. The first kappa shape index (κ1) is 46.7. The molecule has 1 aliphatic rings. The molecular weight excluding hydrogens is 791 g/mol. The Kier molecular flexibility index (Phi) is 18.0. The number of benzene rings is 2. The Bertz CT molecular complexity index is 1910. The van der Waals surface area contributed by atoms with Crippen LogP contribution in [0.3, 0.4) is 0 Å². The van der Waals surface area contributed by atoms with Gasteiger partial charge in [0.05, 0.1) is 25.7 Å². The molecule has 22 heteroatoms. The number of aromatic hydroxyl groups is 1. The van der Waals surface area contributed by atoms with E-state index in [4.69, 9.17) is 21.3 Å². The Morgan fingerprint density at radius 1 is 0.931 bits per heavy atom. The van der Waals surface area contributed by atoms with Crippen LogP contribution in [-0.4, -0.2) is 128 Å². The number of aliphatic hydroxyl groups excluding tert-OH is 2. The number of carboxylic acid groups (broad SMARTS) is 1. The molecule has 2 heterocycles. The molecule has 58 heavy (non-hydrogen) atoms. The smallest absolute Gasteiger partial charge is 0.351 e. The summed E-state index contributed by atoms with van der Waals surface area (Å²) in [6.45, 7) is -1.68. The van der Waals surface area contributed by atoms with Gasteiger partial charge in [0, 0.05) is 12.6 Å². The van der Waals surface area contributed by atoms with Crippen LogP contribution in [0.25, 0.3) is 0 Å². The van der Waals surface area contributed by atoms with Gasteiger partial charge in [-0.2, -0.15) is 25.5 Å². The van der Waals surface area contributed by atoms with E-state index in [-0.39, 0.29) is 30.8 Å². The van der Waals surface area contributed by atoms with Gasteiger partial charge in [0.2, 0.25) is 29.9 Å². The minimum atomic E-state index is -3.71. The summed E-state index contributed by atoms with van der Waals surface area (Å²) in [5.41, 5.74) is 11.6. The number of carboxylic acids is 1. The molecule has 2 aromatic carbocycles. The first-order valence-corrected chi connectivity index (χ1v) is 19.0. The van der Waals surface area contributed by atoms with Crippen LogP contribution in [0.5, 0.6) is 5.75 Å². The van der Waals surface area contributed by atoms with E-state index in [1.54, 1.807) is 42.5 Å². The monoisotopic (exact) mass is 836 g/mol. The van der Waals surface area contributed by atoms with E-state index in [1.807, 2.05) is 6.26 Å². The lowest BCUT2D eigenvalue weighted by Gasteiger charge is -2.22. The van der Waals surface area contributed by atoms with Gasteiger partial charge in [0.25, 0.3) is 0 Å². The Hall–Kier alpha value is -5.68. The Labute approximate surface area is 334 Å². The van der Waals surface area contributed by atoms with Crippen molar-refractivity contribution in [2.75, 3.05) is 37.4 Å². The van der Waals surface area contributed by atoms with Crippen LogP contribution in [0.15, 0.2) is 71.7 Å². The molecule has 1 fully saturated rings. The van der Waals surface area contributed by atoms with Gasteiger partial charge in [-0.15, -0.1) is 0 Å². The molecule has 0 saturated carbocycles. The topological polar surface area (TPSA) is 311 Å². The molecule has 0 unspecified atom stereocenters. The lowest BCUT2D eigenvalue weighted by molar-refractivity contribution is -0.142. The fourth-order valence-electron chi connectivity index (χ4n) is 5.31. The summed E-state index contributed by atoms with van der Waals surface area (Å²) in [5.74, 6) is -6.94. The van der Waals surface area contributed by atoms with Crippen LogP contribution in [0.1, 0.15) is 23.8 Å². The largest absolute Gasteiger partial charge is 0.508 e. The average molecular weight is 837 g/mol. The highest BCUT2D eigenvalue weighted by Crippen LogP contribution is 2.41. The molecule has 1 aromatic heterocycles. The van der Waals surface area contributed by atoms with Gasteiger partial charge in [-0.05, 0) is 54.2 Å². The summed E-state index contributed by atoms with van der Waals surface area (Å²) in [7, 11) is 0. The predicted octanol–water partition coefficient (Wildman–Crippen LogP) is -1.74. The number of nitrogen functional groups attached to an aromatic ring is 1. The Morgan fingerprint density at radius 3 is 2.16 bits per heavy atom. The van der Waals surface area contributed by atoms with Crippen molar-refractivity contribution in [3.8, 4) is 5.75 Å². The molecule has 316 valence electrons. The number of nitrogens with zero attached hydrogens (tertiary/aromatic N) is 2. The normalized spacial score (nSPS) is 18.3. The molecule has 1 aliphatic heterocycles. The molecule has 4 amide bonds. The number of nitrogens with one attached hydrogen (secondary N) is 4. The summed E-state index contributed by atoms with van der Waals surface area (Å²) in [4.78, 5) is 76.2. The second-order valence-corrected chi connectivity index (χ2v) is 13.8. The fraction of sp³-hybridized carbons (Fsp3) is 0.417. The molecule has 3 aromatic rings. The van der Waals surface area contributed by atoms with E-state index in [0.29, 0.717) is 10.3 Å². The molecule has 1 saturated heterocycles. The maximum atomic E-state index is 13.7. The summed E-state index contributed by atoms with van der Waals surface area (Å²) in [6, 6.07) is 13.1. The molecular formula is C36H46F2N8O11S. The van der Waals surface area contributed by atoms with Crippen molar-refractivity contribution in [3.05, 3.63) is 88.5 Å². The number of phenolic OH excluding ortho intramolecular Hbond substituents is 1. The van der Waals surface area contributed by atoms with E-state index in [2.05, 4.69) is 26.3 Å². The van der Waals surface area contributed by atoms with Gasteiger partial charge in [0.15, 0.2) is 6.10 Å². The van der Waals surface area contributed by atoms with Crippen LogP contribution in [0.4, 0.5) is 14.6 Å². The number of amides is 4. The predicted molar refractivity (Wildman–Crippen MR) is 205 cm³/mol. The molecule has 0 radical (unpaired) electrons. The van der Waals surface area contributed by atoms with E-state index >= 15 is 0 Å². The first-order chi connectivity index (χ1) is 27.5. The average Bonchev–Trinajstić information content (AvgIpc) is 3.42. The third-order valence-corrected chi connectivity index (χ3v) is 9.07. The number of halogens is 2. The summed E-state index contributed by atoms with van der Waals surface area (Å²) >= 11 is 1.45. The summed E-state index contributed by atoms with van der Waals surface area (Å²) in [5, 5.41) is 46.7. The van der Waals surface area contributed by atoms with Crippen molar-refractivity contribution >= 4 is 47.2 Å². The summed E-state index contributed by atoms with van der Waals surface area (Å²) < 4.78 is 32.7. The van der Waals surface area contributed by atoms with Crippen molar-refractivity contribution in [2.24, 2.45) is 5.73 Å². The molecule has 4 rings (SSSR count). The number of alkyl halides is 2. The number of rotatable bonds is 18. The third kappa shape index (κ3) is 14.1. The summed E-state index contributed by atoms with van der Waals surface area (Å²) in [6.07, 6.45) is -2.34. The van der Waals surface area contributed by atoms with Crippen molar-refractivity contribution in [3.63, 3.8) is 0 Å². The van der Waals surface area contributed by atoms with E-state index in [0.717, 1.165) is 23.4 Å². The van der Waals surface area contributed by atoms with Gasteiger partial charge in [-0.3, -0.25) is 23.7 Å². The second kappa shape index (κ2) is 22.3. The molecule has 19 nitrogen and oxygen atoms in total. The number of aliphatic carboxylic acids is 1. The zero-order chi connectivity index (χ0) is 43.0. The highest BCUT2D eigenvalue weighted by atomic mass is 32.2. The van der Waals surface area contributed by atoms with Crippen molar-refractivity contribution < 1.29 is 57.9 Å². The number of phenols is 1. The maximum Gasteiger partial charge on any atom is 0.351 e. The van der Waals surface area contributed by atoms with Gasteiger partial charge < -0.3 is 57.9 Å². The second-order valence-electron chi connectivity index (χ2n) is 12.8. The molecule has 6 atom stereocenters. The minimum Gasteiger partial charge on any atom is -0.508 e. The van der Waals surface area contributed by atoms with Gasteiger partial charge >= 0.3 is 17.6 Å². The zero-order valence-corrected chi connectivity index (χ0v) is 31.9. The number of carbonyl (C=O) groups excluding carboxylic acids is 4. The Balaban J connectivity index is 0.000000413. The van der Waals surface area contributed by atoms with E-state index in [9.17, 15) is 52.9 Å². The number of hydrogen-bond donors (Lipinski definition) is 10. The van der Waals surface area contributed by atoms with Crippen LogP contribution in [-0.2, 0) is 41.6 Å². The SMILES string of the molecule is CSCC[C@H](NC(=O)[C@H](Cc1ccccc1)NC(=O)CNC(=O)CNC(=O)[C@@H](N)Cc1ccc(O)cc1)C(=O)O.Nc1ccn([C@@H]2O[C@H](CO)[C@@H](O)C2(F)F)c(=O)n1. The zero-order valence-electron chi connectivity index (χ0n) is 31.1. The number of aromatic nitrogens is 2. The molecule has 12 N–H and O–H groups in total. The number of nitrogens with two attached hydrogens (primary N) is 2. The third-order valence-electron chi connectivity index (χ3n) is 8.42. The fourth-order valence-corrected chi connectivity index (χ4v) is 5.78. The minimum absolute atomic E-state index is 0.0881. The van der Waals surface area contributed by atoms with Crippen LogP contribution < -0.4 is 38.4 Å². The van der Waals surface area contributed by atoms with Crippen LogP contribution >= 0.6 is 11.8 Å². The van der Waals surface area contributed by atoms with Gasteiger partial charge in [-0.1, -0.05) is 42.5 Å². The standard InChI is InChI=1S/C27H35N5O7S.C9H11F2N3O4/c1-40-12-11-21(27(38)39)32-26(37)22(14-17-5-3-2-4-6-17)31-24(35)16-29-23(34)15-30-25(36)20(28)13-18-7-9-19(33)10-8-18;10-9(11)6(16)4(3-15)18-7(9)14-2-1-5(12)13-8(14)17/h2-10,20-22,33H,11-16,28H2,1H3,(H,29,34)(H,30,36)(H,31,35)(H,32,37)(H,38,39);1-2,4,6-7,15-16H,3H2,(H2,12,13,17)/t20-,21-,22-;4-,6-,7-/m01/s1. The molecule has 0 bridgehead atoms.